The monoisotopic (exact) mass is 256 g/mol. The highest BCUT2D eigenvalue weighted by Crippen LogP contribution is 2.28. The van der Waals surface area contributed by atoms with Crippen LogP contribution in [0.5, 0.6) is 0 Å². The van der Waals surface area contributed by atoms with Crippen molar-refractivity contribution in [3.8, 4) is 5.82 Å². The molecule has 2 heterocycles. The lowest BCUT2D eigenvalue weighted by Crippen LogP contribution is -2.13. The van der Waals surface area contributed by atoms with Crippen molar-refractivity contribution in [2.75, 3.05) is 0 Å². The SMILES string of the molecule is CC(N)c1cccnc1-n1ccc(C(F)(F)F)n1. The maximum Gasteiger partial charge on any atom is 0.435 e. The molecule has 0 aliphatic carbocycles. The molecule has 0 saturated carbocycles. The lowest BCUT2D eigenvalue weighted by molar-refractivity contribution is -0.141. The van der Waals surface area contributed by atoms with Gasteiger partial charge in [-0.05, 0) is 19.1 Å². The molecular formula is C11H11F3N4. The number of nitrogens with zero attached hydrogens (tertiary/aromatic N) is 3. The number of hydrogen-bond acceptors (Lipinski definition) is 3. The zero-order valence-electron chi connectivity index (χ0n) is 9.52. The Labute approximate surface area is 101 Å². The molecule has 2 aromatic rings. The summed E-state index contributed by atoms with van der Waals surface area (Å²) in [7, 11) is 0. The van der Waals surface area contributed by atoms with Gasteiger partial charge in [-0.3, -0.25) is 0 Å². The Kier molecular flexibility index (Phi) is 3.08. The third-order valence-electron chi connectivity index (χ3n) is 2.40. The quantitative estimate of drug-likeness (QED) is 0.897. The molecule has 0 radical (unpaired) electrons. The molecule has 96 valence electrons. The van der Waals surface area contributed by atoms with Crippen molar-refractivity contribution in [1.29, 1.82) is 0 Å². The molecule has 2 aromatic heterocycles. The van der Waals surface area contributed by atoms with Crippen molar-refractivity contribution in [2.45, 2.75) is 19.1 Å². The average Bonchev–Trinajstić information content (AvgIpc) is 2.77. The average molecular weight is 256 g/mol. The number of hydrogen-bond donors (Lipinski definition) is 1. The van der Waals surface area contributed by atoms with Crippen molar-refractivity contribution < 1.29 is 13.2 Å². The zero-order chi connectivity index (χ0) is 13.3. The standard InChI is InChI=1S/C11H11F3N4/c1-7(15)8-3-2-5-16-10(8)18-6-4-9(17-18)11(12,13)14/h2-7H,15H2,1H3. The van der Waals surface area contributed by atoms with Gasteiger partial charge in [0.2, 0.25) is 0 Å². The van der Waals surface area contributed by atoms with Crippen molar-refractivity contribution in [1.82, 2.24) is 14.8 Å². The van der Waals surface area contributed by atoms with E-state index in [1.165, 1.54) is 12.4 Å². The fourth-order valence-electron chi connectivity index (χ4n) is 1.55. The van der Waals surface area contributed by atoms with Gasteiger partial charge >= 0.3 is 6.18 Å². The Morgan fingerprint density at radius 2 is 2.06 bits per heavy atom. The Morgan fingerprint density at radius 3 is 2.61 bits per heavy atom. The van der Waals surface area contributed by atoms with E-state index in [0.717, 1.165) is 10.7 Å². The number of pyridine rings is 1. The molecule has 2 N–H and O–H groups in total. The maximum atomic E-state index is 12.5. The van der Waals surface area contributed by atoms with E-state index in [2.05, 4.69) is 10.1 Å². The van der Waals surface area contributed by atoms with Crippen LogP contribution in [-0.4, -0.2) is 14.8 Å². The van der Waals surface area contributed by atoms with Gasteiger partial charge in [0, 0.05) is 24.0 Å². The summed E-state index contributed by atoms with van der Waals surface area (Å²) in [6.07, 6.45) is -1.76. The first kappa shape index (κ1) is 12.6. The molecule has 0 aliphatic rings. The molecule has 0 aliphatic heterocycles. The molecule has 0 saturated heterocycles. The van der Waals surface area contributed by atoms with E-state index >= 15 is 0 Å². The van der Waals surface area contributed by atoms with Crippen LogP contribution in [0.25, 0.3) is 5.82 Å². The fraction of sp³-hybridized carbons (Fsp3) is 0.273. The van der Waals surface area contributed by atoms with E-state index in [1.807, 2.05) is 0 Å². The minimum Gasteiger partial charge on any atom is -0.324 e. The van der Waals surface area contributed by atoms with Gasteiger partial charge in [0.05, 0.1) is 0 Å². The Bertz CT molecular complexity index is 545. The first-order chi connectivity index (χ1) is 8.39. The number of aromatic nitrogens is 3. The highest BCUT2D eigenvalue weighted by Gasteiger charge is 2.33. The summed E-state index contributed by atoms with van der Waals surface area (Å²) in [5.41, 5.74) is 5.42. The summed E-state index contributed by atoms with van der Waals surface area (Å²) in [4.78, 5) is 4.02. The highest BCUT2D eigenvalue weighted by molar-refractivity contribution is 5.35. The van der Waals surface area contributed by atoms with Gasteiger partial charge in [0.25, 0.3) is 0 Å². The normalized spacial score (nSPS) is 13.6. The number of rotatable bonds is 2. The number of halogens is 3. The highest BCUT2D eigenvalue weighted by atomic mass is 19.4. The van der Waals surface area contributed by atoms with E-state index < -0.39 is 11.9 Å². The van der Waals surface area contributed by atoms with E-state index in [1.54, 1.807) is 19.1 Å². The summed E-state index contributed by atoms with van der Waals surface area (Å²) in [5.74, 6) is 0.308. The van der Waals surface area contributed by atoms with Crippen LogP contribution in [0.15, 0.2) is 30.6 Å². The van der Waals surface area contributed by atoms with Crippen molar-refractivity contribution in [3.63, 3.8) is 0 Å². The van der Waals surface area contributed by atoms with Gasteiger partial charge in [-0.1, -0.05) is 6.07 Å². The second-order valence-corrected chi connectivity index (χ2v) is 3.85. The van der Waals surface area contributed by atoms with Gasteiger partial charge in [0.15, 0.2) is 11.5 Å². The van der Waals surface area contributed by atoms with Crippen LogP contribution >= 0.6 is 0 Å². The topological polar surface area (TPSA) is 56.7 Å². The van der Waals surface area contributed by atoms with E-state index in [0.29, 0.717) is 11.4 Å². The molecule has 2 rings (SSSR count). The molecule has 0 spiro atoms. The Morgan fingerprint density at radius 1 is 1.33 bits per heavy atom. The first-order valence-corrected chi connectivity index (χ1v) is 5.23. The minimum atomic E-state index is -4.46. The largest absolute Gasteiger partial charge is 0.435 e. The molecule has 1 atom stereocenters. The molecular weight excluding hydrogens is 245 g/mol. The van der Waals surface area contributed by atoms with Crippen LogP contribution < -0.4 is 5.73 Å². The number of nitrogens with two attached hydrogens (primary N) is 1. The Hall–Kier alpha value is -1.89. The summed E-state index contributed by atoms with van der Waals surface area (Å²) in [6.45, 7) is 1.73. The van der Waals surface area contributed by atoms with E-state index in [9.17, 15) is 13.2 Å². The summed E-state index contributed by atoms with van der Waals surface area (Å²) >= 11 is 0. The summed E-state index contributed by atoms with van der Waals surface area (Å²) in [6, 6.07) is 3.95. The van der Waals surface area contributed by atoms with Gasteiger partial charge in [-0.2, -0.15) is 18.3 Å². The lowest BCUT2D eigenvalue weighted by Gasteiger charge is -2.11. The van der Waals surface area contributed by atoms with E-state index in [-0.39, 0.29) is 6.04 Å². The number of alkyl halides is 3. The van der Waals surface area contributed by atoms with Crippen LogP contribution in [0.4, 0.5) is 13.2 Å². The third-order valence-corrected chi connectivity index (χ3v) is 2.40. The van der Waals surface area contributed by atoms with Gasteiger partial charge in [-0.25, -0.2) is 9.67 Å². The first-order valence-electron chi connectivity index (χ1n) is 5.23. The fourth-order valence-corrected chi connectivity index (χ4v) is 1.55. The minimum absolute atomic E-state index is 0.308. The zero-order valence-corrected chi connectivity index (χ0v) is 9.52. The molecule has 0 aromatic carbocycles. The van der Waals surface area contributed by atoms with Crippen LogP contribution in [-0.2, 0) is 6.18 Å². The molecule has 0 fully saturated rings. The van der Waals surface area contributed by atoms with Gasteiger partial charge in [-0.15, -0.1) is 0 Å². The maximum absolute atomic E-state index is 12.5. The summed E-state index contributed by atoms with van der Waals surface area (Å²) in [5, 5.41) is 3.47. The van der Waals surface area contributed by atoms with E-state index in [4.69, 9.17) is 5.73 Å². The molecule has 7 heteroatoms. The molecule has 1 unspecified atom stereocenters. The van der Waals surface area contributed by atoms with Gasteiger partial charge < -0.3 is 5.73 Å². The lowest BCUT2D eigenvalue weighted by atomic mass is 10.1. The smallest absolute Gasteiger partial charge is 0.324 e. The Balaban J connectivity index is 2.47. The second-order valence-electron chi connectivity index (χ2n) is 3.85. The van der Waals surface area contributed by atoms with Crippen LogP contribution in [0.3, 0.4) is 0 Å². The van der Waals surface area contributed by atoms with Gasteiger partial charge in [0.1, 0.15) is 0 Å². The van der Waals surface area contributed by atoms with Crippen LogP contribution in [0, 0.1) is 0 Å². The van der Waals surface area contributed by atoms with Crippen molar-refractivity contribution in [3.05, 3.63) is 41.9 Å². The predicted octanol–water partition coefficient (Wildman–Crippen LogP) is 2.31. The second kappa shape index (κ2) is 4.41. The molecule has 18 heavy (non-hydrogen) atoms. The summed E-state index contributed by atoms with van der Waals surface area (Å²) < 4.78 is 38.5. The van der Waals surface area contributed by atoms with Crippen molar-refractivity contribution in [2.24, 2.45) is 5.73 Å². The molecule has 0 bridgehead atoms. The third kappa shape index (κ3) is 2.35. The van der Waals surface area contributed by atoms with Crippen molar-refractivity contribution >= 4 is 0 Å². The van der Waals surface area contributed by atoms with Crippen LogP contribution in [0.1, 0.15) is 24.2 Å². The molecule has 0 amide bonds. The molecule has 4 nitrogen and oxygen atoms in total. The predicted molar refractivity (Wildman–Crippen MR) is 59.0 cm³/mol. The van der Waals surface area contributed by atoms with Crippen LogP contribution in [0.2, 0.25) is 0 Å².